The molecule has 0 radical (unpaired) electrons. The molecule has 4 heteroatoms. The van der Waals surface area contributed by atoms with Crippen LogP contribution in [0.2, 0.25) is 0 Å². The molecule has 1 amide bonds. The molecule has 1 unspecified atom stereocenters. The van der Waals surface area contributed by atoms with Gasteiger partial charge in [0.05, 0.1) is 0 Å². The third-order valence-corrected chi connectivity index (χ3v) is 2.54. The van der Waals surface area contributed by atoms with Crippen LogP contribution in [0.25, 0.3) is 0 Å². The number of primary amides is 1. The fraction of sp³-hybridized carbons (Fsp3) is 0.636. The summed E-state index contributed by atoms with van der Waals surface area (Å²) in [6.07, 6.45) is 2.13. The summed E-state index contributed by atoms with van der Waals surface area (Å²) in [4.78, 5) is 10.9. The maximum Gasteiger partial charge on any atom is 0.269 e. The van der Waals surface area contributed by atoms with E-state index in [1.54, 1.807) is 6.07 Å². The number of carbonyl (C=O) groups excluding carboxylic acids is 1. The highest BCUT2D eigenvalue weighted by atomic mass is 16.1. The Kier molecular flexibility index (Phi) is 3.88. The SMILES string of the molecule is CCC(CC(C)C)c1cc(C(N)=O)n[nH]1. The molecular weight excluding hydrogens is 190 g/mol. The summed E-state index contributed by atoms with van der Waals surface area (Å²) in [5.74, 6) is 0.595. The lowest BCUT2D eigenvalue weighted by Gasteiger charge is -2.14. The van der Waals surface area contributed by atoms with Crippen LogP contribution in [0.3, 0.4) is 0 Å². The van der Waals surface area contributed by atoms with E-state index in [1.807, 2.05) is 0 Å². The second-order valence-electron chi connectivity index (χ2n) is 4.31. The van der Waals surface area contributed by atoms with E-state index in [1.165, 1.54) is 0 Å². The Morgan fingerprint density at radius 2 is 2.27 bits per heavy atom. The van der Waals surface area contributed by atoms with E-state index in [4.69, 9.17) is 5.73 Å². The molecule has 0 bridgehead atoms. The molecule has 0 fully saturated rings. The zero-order chi connectivity index (χ0) is 11.4. The summed E-state index contributed by atoms with van der Waals surface area (Å²) in [6.45, 7) is 6.51. The molecule has 0 saturated carbocycles. The zero-order valence-electron chi connectivity index (χ0n) is 9.58. The van der Waals surface area contributed by atoms with E-state index in [0.29, 0.717) is 17.5 Å². The molecular formula is C11H19N3O. The van der Waals surface area contributed by atoms with Crippen LogP contribution in [0.15, 0.2) is 6.07 Å². The standard InChI is InChI=1S/C11H19N3O/c1-4-8(5-7(2)3)9-6-10(11(12)15)14-13-9/h6-8H,4-5H2,1-3H3,(H2,12,15)(H,13,14). The van der Waals surface area contributed by atoms with Gasteiger partial charge in [-0.2, -0.15) is 5.10 Å². The third-order valence-electron chi connectivity index (χ3n) is 2.54. The molecule has 3 N–H and O–H groups in total. The van der Waals surface area contributed by atoms with Crippen molar-refractivity contribution in [3.05, 3.63) is 17.5 Å². The normalized spacial score (nSPS) is 13.1. The maximum absolute atomic E-state index is 10.9. The van der Waals surface area contributed by atoms with Crippen molar-refractivity contribution in [1.82, 2.24) is 10.2 Å². The largest absolute Gasteiger partial charge is 0.364 e. The molecule has 1 heterocycles. The highest BCUT2D eigenvalue weighted by Gasteiger charge is 2.15. The first-order valence-corrected chi connectivity index (χ1v) is 5.39. The molecule has 0 spiro atoms. The average molecular weight is 209 g/mol. The average Bonchev–Trinajstić information content (AvgIpc) is 2.62. The fourth-order valence-electron chi connectivity index (χ4n) is 1.75. The number of nitrogens with one attached hydrogen (secondary N) is 1. The van der Waals surface area contributed by atoms with Gasteiger partial charge in [0.2, 0.25) is 0 Å². The minimum absolute atomic E-state index is 0.326. The van der Waals surface area contributed by atoms with E-state index in [-0.39, 0.29) is 0 Å². The highest BCUT2D eigenvalue weighted by molar-refractivity contribution is 5.90. The van der Waals surface area contributed by atoms with E-state index < -0.39 is 5.91 Å². The Labute approximate surface area is 90.2 Å². The van der Waals surface area contributed by atoms with Crippen molar-refractivity contribution in [2.75, 3.05) is 0 Å². The van der Waals surface area contributed by atoms with E-state index in [2.05, 4.69) is 31.0 Å². The first-order valence-electron chi connectivity index (χ1n) is 5.39. The topological polar surface area (TPSA) is 71.8 Å². The summed E-state index contributed by atoms with van der Waals surface area (Å²) in [6, 6.07) is 1.76. The summed E-state index contributed by atoms with van der Waals surface area (Å²) < 4.78 is 0. The van der Waals surface area contributed by atoms with Gasteiger partial charge in [0.25, 0.3) is 5.91 Å². The Bertz CT molecular complexity index is 330. The van der Waals surface area contributed by atoms with Crippen LogP contribution in [0.1, 0.15) is 55.7 Å². The summed E-state index contributed by atoms with van der Waals surface area (Å²) >= 11 is 0. The van der Waals surface area contributed by atoms with Crippen LogP contribution in [-0.2, 0) is 0 Å². The van der Waals surface area contributed by atoms with Gasteiger partial charge in [-0.1, -0.05) is 20.8 Å². The molecule has 15 heavy (non-hydrogen) atoms. The zero-order valence-corrected chi connectivity index (χ0v) is 9.58. The summed E-state index contributed by atoms with van der Waals surface area (Å²) in [5.41, 5.74) is 6.49. The van der Waals surface area contributed by atoms with Gasteiger partial charge in [-0.15, -0.1) is 0 Å². The molecule has 1 rings (SSSR count). The molecule has 0 aromatic carbocycles. The van der Waals surface area contributed by atoms with Crippen molar-refractivity contribution >= 4 is 5.91 Å². The molecule has 4 nitrogen and oxygen atoms in total. The number of rotatable bonds is 5. The van der Waals surface area contributed by atoms with Crippen molar-refractivity contribution < 1.29 is 4.79 Å². The van der Waals surface area contributed by atoms with Gasteiger partial charge in [-0.05, 0) is 24.8 Å². The number of nitrogens with zero attached hydrogens (tertiary/aromatic N) is 1. The molecule has 84 valence electrons. The number of aromatic nitrogens is 2. The second-order valence-corrected chi connectivity index (χ2v) is 4.31. The molecule has 0 aliphatic carbocycles. The minimum Gasteiger partial charge on any atom is -0.364 e. The number of amides is 1. The Morgan fingerprint density at radius 1 is 1.60 bits per heavy atom. The van der Waals surface area contributed by atoms with Crippen molar-refractivity contribution in [2.45, 2.75) is 39.5 Å². The van der Waals surface area contributed by atoms with Gasteiger partial charge < -0.3 is 5.73 Å². The number of hydrogen-bond acceptors (Lipinski definition) is 2. The van der Waals surface area contributed by atoms with Gasteiger partial charge in [-0.3, -0.25) is 9.89 Å². The smallest absolute Gasteiger partial charge is 0.269 e. The third kappa shape index (κ3) is 3.08. The van der Waals surface area contributed by atoms with Gasteiger partial charge in [-0.25, -0.2) is 0 Å². The fourth-order valence-corrected chi connectivity index (χ4v) is 1.75. The Balaban J connectivity index is 2.78. The van der Waals surface area contributed by atoms with Crippen molar-refractivity contribution in [3.63, 3.8) is 0 Å². The van der Waals surface area contributed by atoms with Crippen LogP contribution < -0.4 is 5.73 Å². The number of aromatic amines is 1. The van der Waals surface area contributed by atoms with Gasteiger partial charge in [0.1, 0.15) is 5.69 Å². The first-order chi connectivity index (χ1) is 7.04. The number of hydrogen-bond donors (Lipinski definition) is 2. The van der Waals surface area contributed by atoms with Crippen LogP contribution in [-0.4, -0.2) is 16.1 Å². The number of carbonyl (C=O) groups is 1. The predicted molar refractivity (Wildman–Crippen MR) is 59.6 cm³/mol. The lowest BCUT2D eigenvalue weighted by Crippen LogP contribution is -2.11. The van der Waals surface area contributed by atoms with Crippen LogP contribution in [0.5, 0.6) is 0 Å². The second kappa shape index (κ2) is 4.96. The lowest BCUT2D eigenvalue weighted by molar-refractivity contribution is 0.0995. The van der Waals surface area contributed by atoms with Gasteiger partial charge >= 0.3 is 0 Å². The predicted octanol–water partition coefficient (Wildman–Crippen LogP) is 2.05. The molecule has 1 aromatic heterocycles. The van der Waals surface area contributed by atoms with Gasteiger partial charge in [0.15, 0.2) is 0 Å². The quantitative estimate of drug-likeness (QED) is 0.779. The summed E-state index contributed by atoms with van der Waals surface area (Å²) in [7, 11) is 0. The maximum atomic E-state index is 10.9. The summed E-state index contributed by atoms with van der Waals surface area (Å²) in [5, 5.41) is 6.78. The van der Waals surface area contributed by atoms with Crippen molar-refractivity contribution in [2.24, 2.45) is 11.7 Å². The Morgan fingerprint density at radius 3 is 2.67 bits per heavy atom. The number of H-pyrrole nitrogens is 1. The van der Waals surface area contributed by atoms with E-state index in [9.17, 15) is 4.79 Å². The molecule has 1 atom stereocenters. The molecule has 1 aromatic rings. The monoisotopic (exact) mass is 209 g/mol. The molecule has 0 aliphatic rings. The minimum atomic E-state index is -0.475. The van der Waals surface area contributed by atoms with E-state index in [0.717, 1.165) is 18.5 Å². The highest BCUT2D eigenvalue weighted by Crippen LogP contribution is 2.25. The van der Waals surface area contributed by atoms with Crippen LogP contribution in [0, 0.1) is 5.92 Å². The molecule has 0 aliphatic heterocycles. The van der Waals surface area contributed by atoms with Gasteiger partial charge in [0, 0.05) is 11.6 Å². The van der Waals surface area contributed by atoms with Crippen LogP contribution >= 0.6 is 0 Å². The molecule has 0 saturated heterocycles. The Hall–Kier alpha value is -1.32. The van der Waals surface area contributed by atoms with Crippen molar-refractivity contribution in [1.29, 1.82) is 0 Å². The van der Waals surface area contributed by atoms with E-state index >= 15 is 0 Å². The van der Waals surface area contributed by atoms with Crippen LogP contribution in [0.4, 0.5) is 0 Å². The van der Waals surface area contributed by atoms with Crippen molar-refractivity contribution in [3.8, 4) is 0 Å². The number of nitrogens with two attached hydrogens (primary N) is 1. The lowest BCUT2D eigenvalue weighted by atomic mass is 9.92. The first kappa shape index (κ1) is 11.8.